The second-order valence-corrected chi connectivity index (χ2v) is 6.58. The first-order valence-corrected chi connectivity index (χ1v) is 9.26. The third-order valence-corrected chi connectivity index (χ3v) is 5.04. The van der Waals surface area contributed by atoms with Gasteiger partial charge in [0.2, 0.25) is 5.91 Å². The van der Waals surface area contributed by atoms with Crippen LogP contribution >= 0.6 is 0 Å². The number of likely N-dealkylation sites (tertiary alicyclic amines) is 1. The standard InChI is InChI=1S/C20H25N3O3/c1-3-21(4-2)20(26)19(25)16-13-23(17-10-6-5-9-15(16)17)14-18(24)22-11-7-8-12-22/h5-6,9-10,13H,3-4,7-8,11-12,14H2,1-2H3. The molecule has 1 fully saturated rings. The van der Waals surface area contributed by atoms with Crippen molar-refractivity contribution in [1.29, 1.82) is 0 Å². The number of amides is 2. The summed E-state index contributed by atoms with van der Waals surface area (Å²) in [5.41, 5.74) is 1.17. The fourth-order valence-corrected chi connectivity index (χ4v) is 3.54. The minimum absolute atomic E-state index is 0.0531. The van der Waals surface area contributed by atoms with E-state index in [0.29, 0.717) is 24.0 Å². The third-order valence-electron chi connectivity index (χ3n) is 5.04. The molecule has 0 aliphatic carbocycles. The van der Waals surface area contributed by atoms with Crippen molar-refractivity contribution in [3.63, 3.8) is 0 Å². The van der Waals surface area contributed by atoms with Crippen LogP contribution in [0.1, 0.15) is 37.0 Å². The summed E-state index contributed by atoms with van der Waals surface area (Å²) < 4.78 is 1.79. The summed E-state index contributed by atoms with van der Waals surface area (Å²) in [6, 6.07) is 7.42. The fraction of sp³-hybridized carbons (Fsp3) is 0.450. The number of para-hydroxylation sites is 1. The molecule has 2 aromatic rings. The number of hydrogen-bond acceptors (Lipinski definition) is 3. The van der Waals surface area contributed by atoms with Crippen LogP contribution in [0.15, 0.2) is 30.5 Å². The molecule has 6 heteroatoms. The summed E-state index contributed by atoms with van der Waals surface area (Å²) in [5, 5.41) is 0.715. The van der Waals surface area contributed by atoms with Gasteiger partial charge in [0.15, 0.2) is 0 Å². The van der Waals surface area contributed by atoms with Gasteiger partial charge in [-0.1, -0.05) is 18.2 Å². The van der Waals surface area contributed by atoms with Crippen molar-refractivity contribution in [3.05, 3.63) is 36.0 Å². The first kappa shape index (κ1) is 18.2. The number of rotatable bonds is 6. The number of likely N-dealkylation sites (N-methyl/N-ethyl adjacent to an activating group) is 1. The summed E-state index contributed by atoms with van der Waals surface area (Å²) in [6.45, 7) is 6.47. The predicted molar refractivity (Wildman–Crippen MR) is 100 cm³/mol. The van der Waals surface area contributed by atoms with Crippen LogP contribution in [0.4, 0.5) is 0 Å². The van der Waals surface area contributed by atoms with E-state index in [-0.39, 0.29) is 12.5 Å². The van der Waals surface area contributed by atoms with Crippen LogP contribution in [0.25, 0.3) is 10.9 Å². The van der Waals surface area contributed by atoms with Crippen LogP contribution < -0.4 is 0 Å². The van der Waals surface area contributed by atoms with Crippen molar-refractivity contribution in [2.24, 2.45) is 0 Å². The molecule has 138 valence electrons. The molecule has 6 nitrogen and oxygen atoms in total. The number of carbonyl (C=O) groups is 3. The largest absolute Gasteiger partial charge is 0.341 e. The van der Waals surface area contributed by atoms with Crippen LogP contribution in [0.2, 0.25) is 0 Å². The number of hydrogen-bond donors (Lipinski definition) is 0. The van der Waals surface area contributed by atoms with Gasteiger partial charge >= 0.3 is 0 Å². The molecule has 0 saturated carbocycles. The first-order valence-electron chi connectivity index (χ1n) is 9.26. The molecule has 0 radical (unpaired) electrons. The highest BCUT2D eigenvalue weighted by molar-refractivity contribution is 6.44. The average molecular weight is 355 g/mol. The van der Waals surface area contributed by atoms with E-state index in [1.807, 2.05) is 43.0 Å². The van der Waals surface area contributed by atoms with Gasteiger partial charge < -0.3 is 14.4 Å². The number of fused-ring (bicyclic) bond motifs is 1. The fourth-order valence-electron chi connectivity index (χ4n) is 3.54. The Balaban J connectivity index is 1.93. The molecule has 0 bridgehead atoms. The van der Waals surface area contributed by atoms with Gasteiger partial charge in [-0.05, 0) is 32.8 Å². The number of carbonyl (C=O) groups excluding carboxylic acids is 3. The predicted octanol–water partition coefficient (Wildman–Crippen LogP) is 2.31. The molecule has 0 atom stereocenters. The molecule has 0 N–H and O–H groups in total. The van der Waals surface area contributed by atoms with E-state index in [1.54, 1.807) is 10.8 Å². The summed E-state index contributed by atoms with van der Waals surface area (Å²) >= 11 is 0. The van der Waals surface area contributed by atoms with Crippen molar-refractivity contribution >= 4 is 28.5 Å². The topological polar surface area (TPSA) is 62.6 Å². The van der Waals surface area contributed by atoms with E-state index in [1.165, 1.54) is 4.90 Å². The second-order valence-electron chi connectivity index (χ2n) is 6.58. The molecule has 2 amide bonds. The molecule has 1 aliphatic rings. The second kappa shape index (κ2) is 7.72. The number of ketones is 1. The lowest BCUT2D eigenvalue weighted by molar-refractivity contribution is -0.130. The van der Waals surface area contributed by atoms with Crippen LogP contribution in [0.5, 0.6) is 0 Å². The molecule has 3 rings (SSSR count). The van der Waals surface area contributed by atoms with Crippen molar-refractivity contribution in [2.75, 3.05) is 26.2 Å². The smallest absolute Gasteiger partial charge is 0.295 e. The van der Waals surface area contributed by atoms with Crippen molar-refractivity contribution in [1.82, 2.24) is 14.4 Å². The van der Waals surface area contributed by atoms with Crippen LogP contribution in [-0.2, 0) is 16.1 Å². The van der Waals surface area contributed by atoms with E-state index in [9.17, 15) is 14.4 Å². The molecule has 2 heterocycles. The van der Waals surface area contributed by atoms with Gasteiger partial charge in [0, 0.05) is 43.3 Å². The first-order chi connectivity index (χ1) is 12.6. The molecule has 1 saturated heterocycles. The molecular formula is C20H25N3O3. The van der Waals surface area contributed by atoms with Crippen LogP contribution in [0.3, 0.4) is 0 Å². The van der Waals surface area contributed by atoms with E-state index in [0.717, 1.165) is 31.4 Å². The minimum atomic E-state index is -0.516. The minimum Gasteiger partial charge on any atom is -0.341 e. The van der Waals surface area contributed by atoms with E-state index >= 15 is 0 Å². The highest BCUT2D eigenvalue weighted by atomic mass is 16.2. The molecule has 1 aromatic heterocycles. The Morgan fingerprint density at radius 3 is 2.35 bits per heavy atom. The maximum Gasteiger partial charge on any atom is 0.295 e. The van der Waals surface area contributed by atoms with Crippen molar-refractivity contribution < 1.29 is 14.4 Å². The quantitative estimate of drug-likeness (QED) is 0.590. The Labute approximate surface area is 153 Å². The molecular weight excluding hydrogens is 330 g/mol. The zero-order valence-electron chi connectivity index (χ0n) is 15.4. The number of benzene rings is 1. The summed E-state index contributed by atoms with van der Waals surface area (Å²) in [4.78, 5) is 41.1. The van der Waals surface area contributed by atoms with Gasteiger partial charge in [-0.15, -0.1) is 0 Å². The summed E-state index contributed by atoms with van der Waals surface area (Å²) in [6.07, 6.45) is 3.74. The van der Waals surface area contributed by atoms with Crippen LogP contribution in [0, 0.1) is 0 Å². The van der Waals surface area contributed by atoms with Gasteiger partial charge in [0.25, 0.3) is 11.7 Å². The van der Waals surface area contributed by atoms with Gasteiger partial charge in [-0.3, -0.25) is 14.4 Å². The lowest BCUT2D eigenvalue weighted by Gasteiger charge is -2.17. The lowest BCUT2D eigenvalue weighted by Crippen LogP contribution is -2.36. The van der Waals surface area contributed by atoms with Gasteiger partial charge in [-0.25, -0.2) is 0 Å². The Morgan fingerprint density at radius 1 is 1.04 bits per heavy atom. The normalized spacial score (nSPS) is 14.0. The van der Waals surface area contributed by atoms with E-state index < -0.39 is 11.7 Å². The monoisotopic (exact) mass is 355 g/mol. The highest BCUT2D eigenvalue weighted by Gasteiger charge is 2.26. The van der Waals surface area contributed by atoms with Crippen molar-refractivity contribution in [3.8, 4) is 0 Å². The zero-order chi connectivity index (χ0) is 18.7. The molecule has 0 unspecified atom stereocenters. The van der Waals surface area contributed by atoms with E-state index in [4.69, 9.17) is 0 Å². The number of Topliss-reactive ketones (excluding diaryl/α,β-unsaturated/α-hetero) is 1. The lowest BCUT2D eigenvalue weighted by atomic mass is 10.1. The van der Waals surface area contributed by atoms with Gasteiger partial charge in [0.1, 0.15) is 6.54 Å². The SMILES string of the molecule is CCN(CC)C(=O)C(=O)c1cn(CC(=O)N2CCCC2)c2ccccc12. The van der Waals surface area contributed by atoms with Crippen LogP contribution in [-0.4, -0.2) is 58.1 Å². The Kier molecular flexibility index (Phi) is 5.40. The third kappa shape index (κ3) is 3.36. The van der Waals surface area contributed by atoms with Gasteiger partial charge in [0.05, 0.1) is 5.56 Å². The highest BCUT2D eigenvalue weighted by Crippen LogP contribution is 2.23. The Bertz CT molecular complexity index is 830. The zero-order valence-corrected chi connectivity index (χ0v) is 15.4. The molecule has 1 aromatic carbocycles. The average Bonchev–Trinajstić information content (AvgIpc) is 3.31. The Hall–Kier alpha value is -2.63. The summed E-state index contributed by atoms with van der Waals surface area (Å²) in [7, 11) is 0. The number of aromatic nitrogens is 1. The van der Waals surface area contributed by atoms with E-state index in [2.05, 4.69) is 0 Å². The Morgan fingerprint density at radius 2 is 1.69 bits per heavy atom. The maximum absolute atomic E-state index is 12.8. The summed E-state index contributed by atoms with van der Waals surface area (Å²) in [5.74, 6) is -0.960. The maximum atomic E-state index is 12.8. The molecule has 1 aliphatic heterocycles. The van der Waals surface area contributed by atoms with Crippen molar-refractivity contribution in [2.45, 2.75) is 33.2 Å². The molecule has 26 heavy (non-hydrogen) atoms. The number of nitrogens with zero attached hydrogens (tertiary/aromatic N) is 3. The van der Waals surface area contributed by atoms with Gasteiger partial charge in [-0.2, -0.15) is 0 Å². The molecule has 0 spiro atoms.